The largest absolute Gasteiger partial charge is 0.358 e. The van der Waals surface area contributed by atoms with Crippen LogP contribution in [-0.2, 0) is 0 Å². The van der Waals surface area contributed by atoms with Crippen molar-refractivity contribution in [2.45, 2.75) is 6.92 Å². The first-order valence-corrected chi connectivity index (χ1v) is 5.57. The fraction of sp³-hybridized carbons (Fsp3) is 0.167. The summed E-state index contributed by atoms with van der Waals surface area (Å²) in [6.45, 7) is 6.04. The highest BCUT2D eigenvalue weighted by atomic mass is 32.1. The Morgan fingerprint density at radius 2 is 2.06 bits per heavy atom. The number of rotatable bonds is 4. The van der Waals surface area contributed by atoms with Crippen molar-refractivity contribution in [2.75, 3.05) is 6.54 Å². The van der Waals surface area contributed by atoms with E-state index in [-0.39, 0.29) is 10.7 Å². The Hall–Kier alpha value is -1.82. The van der Waals surface area contributed by atoms with E-state index >= 15 is 0 Å². The summed E-state index contributed by atoms with van der Waals surface area (Å²) in [7, 11) is 0. The molecule has 0 unspecified atom stereocenters. The molecule has 96 valence electrons. The van der Waals surface area contributed by atoms with Gasteiger partial charge in [0.05, 0.1) is 11.8 Å². The lowest BCUT2D eigenvalue weighted by Gasteiger charge is -2.06. The molecular formula is C12H13F2N3S. The molecule has 1 aromatic rings. The fourth-order valence-electron chi connectivity index (χ4n) is 1.06. The SMILES string of the molecule is C=C(C)CNC(=S)NN=Cc1c(F)cccc1F. The first kappa shape index (κ1) is 14.2. The van der Waals surface area contributed by atoms with Crippen LogP contribution in [0.15, 0.2) is 35.5 Å². The first-order chi connectivity index (χ1) is 8.50. The lowest BCUT2D eigenvalue weighted by atomic mass is 10.2. The van der Waals surface area contributed by atoms with Crippen LogP contribution in [0.25, 0.3) is 0 Å². The number of halogens is 2. The highest BCUT2D eigenvalue weighted by molar-refractivity contribution is 7.80. The average Bonchev–Trinajstić information content (AvgIpc) is 2.30. The minimum Gasteiger partial charge on any atom is -0.358 e. The van der Waals surface area contributed by atoms with Gasteiger partial charge >= 0.3 is 0 Å². The number of hydrogen-bond donors (Lipinski definition) is 2. The van der Waals surface area contributed by atoms with Crippen molar-refractivity contribution in [3.8, 4) is 0 Å². The molecule has 0 aliphatic heterocycles. The van der Waals surface area contributed by atoms with Crippen LogP contribution in [-0.4, -0.2) is 17.9 Å². The minimum absolute atomic E-state index is 0.215. The summed E-state index contributed by atoms with van der Waals surface area (Å²) in [5, 5.41) is 6.73. The molecule has 2 N–H and O–H groups in total. The van der Waals surface area contributed by atoms with Gasteiger partial charge in [0.15, 0.2) is 5.11 Å². The number of nitrogens with one attached hydrogen (secondary N) is 2. The van der Waals surface area contributed by atoms with Crippen molar-refractivity contribution in [2.24, 2.45) is 5.10 Å². The molecule has 18 heavy (non-hydrogen) atoms. The molecule has 0 aliphatic rings. The second kappa shape index (κ2) is 6.80. The van der Waals surface area contributed by atoms with Crippen LogP contribution in [0.3, 0.4) is 0 Å². The summed E-state index contributed by atoms with van der Waals surface area (Å²) in [5.41, 5.74) is 3.15. The van der Waals surface area contributed by atoms with Crippen LogP contribution in [0, 0.1) is 11.6 Å². The van der Waals surface area contributed by atoms with Crippen LogP contribution in [0.2, 0.25) is 0 Å². The van der Waals surface area contributed by atoms with Gasteiger partial charge in [-0.3, -0.25) is 5.43 Å². The van der Waals surface area contributed by atoms with E-state index in [0.717, 1.165) is 23.9 Å². The molecule has 0 saturated heterocycles. The maximum absolute atomic E-state index is 13.2. The maximum atomic E-state index is 13.2. The lowest BCUT2D eigenvalue weighted by molar-refractivity contribution is 0.580. The van der Waals surface area contributed by atoms with E-state index in [9.17, 15) is 8.78 Å². The molecule has 0 fully saturated rings. The van der Waals surface area contributed by atoms with Crippen LogP contribution >= 0.6 is 12.2 Å². The molecule has 0 bridgehead atoms. The summed E-state index contributed by atoms with van der Waals surface area (Å²) in [6.07, 6.45) is 1.04. The van der Waals surface area contributed by atoms with Gasteiger partial charge in [-0.15, -0.1) is 0 Å². The van der Waals surface area contributed by atoms with Crippen LogP contribution < -0.4 is 10.7 Å². The quantitative estimate of drug-likeness (QED) is 0.381. The highest BCUT2D eigenvalue weighted by Crippen LogP contribution is 2.08. The third-order valence-corrected chi connectivity index (χ3v) is 2.15. The van der Waals surface area contributed by atoms with E-state index in [4.69, 9.17) is 12.2 Å². The fourth-order valence-corrected chi connectivity index (χ4v) is 1.19. The molecule has 0 aliphatic carbocycles. The molecule has 1 rings (SSSR count). The monoisotopic (exact) mass is 269 g/mol. The van der Waals surface area contributed by atoms with Crippen molar-refractivity contribution < 1.29 is 8.78 Å². The summed E-state index contributed by atoms with van der Waals surface area (Å²) >= 11 is 4.89. The Bertz CT molecular complexity index is 466. The number of nitrogens with zero attached hydrogens (tertiary/aromatic N) is 1. The van der Waals surface area contributed by atoms with Gasteiger partial charge in [0.1, 0.15) is 11.6 Å². The normalized spacial score (nSPS) is 10.4. The van der Waals surface area contributed by atoms with E-state index in [2.05, 4.69) is 22.4 Å². The zero-order chi connectivity index (χ0) is 13.5. The maximum Gasteiger partial charge on any atom is 0.187 e. The third kappa shape index (κ3) is 4.58. The standard InChI is InChI=1S/C12H13F2N3S/c1-8(2)6-15-12(18)17-16-7-9-10(13)4-3-5-11(9)14/h3-5,7H,1,6H2,2H3,(H2,15,17,18). The van der Waals surface area contributed by atoms with Gasteiger partial charge < -0.3 is 5.32 Å². The Labute approximate surface area is 110 Å². The first-order valence-electron chi connectivity index (χ1n) is 5.16. The average molecular weight is 269 g/mol. The predicted molar refractivity (Wildman–Crippen MR) is 72.5 cm³/mol. The van der Waals surface area contributed by atoms with Crippen LogP contribution in [0.5, 0.6) is 0 Å². The topological polar surface area (TPSA) is 36.4 Å². The smallest absolute Gasteiger partial charge is 0.187 e. The summed E-state index contributed by atoms with van der Waals surface area (Å²) in [5.74, 6) is -1.36. The van der Waals surface area contributed by atoms with Gasteiger partial charge in [0.2, 0.25) is 0 Å². The van der Waals surface area contributed by atoms with Crippen molar-refractivity contribution in [3.63, 3.8) is 0 Å². The van der Waals surface area contributed by atoms with Gasteiger partial charge in [-0.05, 0) is 31.3 Å². The number of thiocarbonyl (C=S) groups is 1. The molecule has 0 amide bonds. The van der Waals surface area contributed by atoms with Crippen molar-refractivity contribution >= 4 is 23.5 Å². The Morgan fingerprint density at radius 1 is 1.44 bits per heavy atom. The zero-order valence-corrected chi connectivity index (χ0v) is 10.7. The van der Waals surface area contributed by atoms with E-state index in [1.807, 2.05) is 6.92 Å². The zero-order valence-electron chi connectivity index (χ0n) is 9.84. The van der Waals surface area contributed by atoms with Gasteiger partial charge in [-0.25, -0.2) is 8.78 Å². The Balaban J connectivity index is 2.55. The Morgan fingerprint density at radius 3 is 2.61 bits per heavy atom. The molecule has 3 nitrogen and oxygen atoms in total. The summed E-state index contributed by atoms with van der Waals surface area (Å²) in [6, 6.07) is 3.60. The van der Waals surface area contributed by atoms with Crippen molar-refractivity contribution in [1.82, 2.24) is 10.7 Å². The summed E-state index contributed by atoms with van der Waals surface area (Å²) in [4.78, 5) is 0. The third-order valence-electron chi connectivity index (χ3n) is 1.91. The molecule has 0 atom stereocenters. The number of hydrazone groups is 1. The van der Waals surface area contributed by atoms with Crippen LogP contribution in [0.4, 0.5) is 8.78 Å². The lowest BCUT2D eigenvalue weighted by Crippen LogP contribution is -2.33. The van der Waals surface area contributed by atoms with Gasteiger partial charge in [0.25, 0.3) is 0 Å². The van der Waals surface area contributed by atoms with E-state index in [0.29, 0.717) is 6.54 Å². The predicted octanol–water partition coefficient (Wildman–Crippen LogP) is 2.34. The molecule has 0 saturated carbocycles. The number of benzene rings is 1. The van der Waals surface area contributed by atoms with E-state index in [1.54, 1.807) is 0 Å². The van der Waals surface area contributed by atoms with E-state index in [1.165, 1.54) is 6.07 Å². The molecular weight excluding hydrogens is 256 g/mol. The molecule has 0 heterocycles. The second-order valence-corrected chi connectivity index (χ2v) is 4.05. The number of hydrogen-bond acceptors (Lipinski definition) is 2. The van der Waals surface area contributed by atoms with Gasteiger partial charge in [-0.1, -0.05) is 18.2 Å². The molecule has 6 heteroatoms. The molecule has 1 aromatic carbocycles. The molecule has 0 radical (unpaired) electrons. The second-order valence-electron chi connectivity index (χ2n) is 3.65. The van der Waals surface area contributed by atoms with Gasteiger partial charge in [0, 0.05) is 6.54 Å². The van der Waals surface area contributed by atoms with Crippen LogP contribution in [0.1, 0.15) is 12.5 Å². The minimum atomic E-state index is -0.679. The molecule has 0 spiro atoms. The summed E-state index contributed by atoms with van der Waals surface area (Å²) < 4.78 is 26.4. The Kier molecular flexibility index (Phi) is 5.38. The van der Waals surface area contributed by atoms with E-state index < -0.39 is 11.6 Å². The molecule has 0 aromatic heterocycles. The van der Waals surface area contributed by atoms with Crippen molar-refractivity contribution in [3.05, 3.63) is 47.5 Å². The van der Waals surface area contributed by atoms with Gasteiger partial charge in [-0.2, -0.15) is 5.10 Å². The highest BCUT2D eigenvalue weighted by Gasteiger charge is 2.04. The van der Waals surface area contributed by atoms with Crippen molar-refractivity contribution in [1.29, 1.82) is 0 Å².